The van der Waals surface area contributed by atoms with Crippen LogP contribution >= 0.6 is 0 Å². The highest BCUT2D eigenvalue weighted by atomic mass is 16.5. The molecule has 1 aliphatic heterocycles. The van der Waals surface area contributed by atoms with E-state index < -0.39 is 24.0 Å². The molecule has 0 spiro atoms. The van der Waals surface area contributed by atoms with E-state index in [4.69, 9.17) is 9.26 Å². The Morgan fingerprint density at radius 1 is 1.32 bits per heavy atom. The van der Waals surface area contributed by atoms with Crippen molar-refractivity contribution in [2.75, 3.05) is 11.9 Å². The van der Waals surface area contributed by atoms with Gasteiger partial charge in [-0.25, -0.2) is 9.59 Å². The first-order valence-corrected chi connectivity index (χ1v) is 8.46. The van der Waals surface area contributed by atoms with Gasteiger partial charge < -0.3 is 14.6 Å². The Morgan fingerprint density at radius 3 is 2.61 bits per heavy atom. The van der Waals surface area contributed by atoms with Gasteiger partial charge in [0.25, 0.3) is 5.91 Å². The number of carbonyl (C=O) groups excluding carboxylic acids is 4. The molecule has 0 aliphatic carbocycles. The zero-order valence-electron chi connectivity index (χ0n) is 15.2. The highest BCUT2D eigenvalue weighted by Crippen LogP contribution is 2.13. The average molecular weight is 386 g/mol. The number of hydrogen-bond acceptors (Lipinski definition) is 7. The van der Waals surface area contributed by atoms with E-state index in [2.05, 4.69) is 15.8 Å². The maximum atomic E-state index is 12.2. The van der Waals surface area contributed by atoms with Gasteiger partial charge in [-0.05, 0) is 31.5 Å². The molecule has 1 saturated heterocycles. The lowest BCUT2D eigenvalue weighted by molar-refractivity contribution is -0.125. The molecule has 1 aromatic heterocycles. The molecule has 2 heterocycles. The van der Waals surface area contributed by atoms with Crippen LogP contribution in [0, 0.1) is 6.92 Å². The summed E-state index contributed by atoms with van der Waals surface area (Å²) in [4.78, 5) is 48.5. The predicted molar refractivity (Wildman–Crippen MR) is 95.1 cm³/mol. The normalized spacial score (nSPS) is 14.6. The van der Waals surface area contributed by atoms with Gasteiger partial charge in [-0.3, -0.25) is 19.8 Å². The number of ether oxygens (including phenoxy) is 1. The highest BCUT2D eigenvalue weighted by Gasteiger charge is 2.28. The van der Waals surface area contributed by atoms with Crippen molar-refractivity contribution >= 4 is 29.7 Å². The molecule has 0 radical (unpaired) electrons. The largest absolute Gasteiger partial charge is 0.449 e. The van der Waals surface area contributed by atoms with Crippen LogP contribution in [0.25, 0.3) is 0 Å². The quantitative estimate of drug-likeness (QED) is 0.564. The molecule has 3 rings (SSSR count). The Morgan fingerprint density at radius 2 is 2.04 bits per heavy atom. The molecule has 1 aliphatic rings. The van der Waals surface area contributed by atoms with Crippen LogP contribution < -0.4 is 10.6 Å². The topological polar surface area (TPSA) is 131 Å². The number of esters is 1. The van der Waals surface area contributed by atoms with Gasteiger partial charge in [0.2, 0.25) is 11.8 Å². The molecule has 4 amide bonds. The Hall–Kier alpha value is -3.69. The highest BCUT2D eigenvalue weighted by molar-refractivity contribution is 6.02. The second kappa shape index (κ2) is 7.91. The number of nitrogens with one attached hydrogen (secondary N) is 2. The van der Waals surface area contributed by atoms with E-state index in [1.807, 2.05) is 0 Å². The number of benzene rings is 1. The summed E-state index contributed by atoms with van der Waals surface area (Å²) < 4.78 is 10.0. The van der Waals surface area contributed by atoms with Crippen LogP contribution in [0.1, 0.15) is 28.5 Å². The SMILES string of the molecule is Cc1cc(NC(=O)[C@H](C)OC(=O)c2ccc(CN3C(=O)CNC3=O)cc2)on1. The smallest absolute Gasteiger partial charge is 0.338 e. The minimum Gasteiger partial charge on any atom is -0.449 e. The summed E-state index contributed by atoms with van der Waals surface area (Å²) >= 11 is 0. The number of aryl methyl sites for hydroxylation is 1. The van der Waals surface area contributed by atoms with Crippen LogP contribution in [-0.2, 0) is 20.9 Å². The van der Waals surface area contributed by atoms with Crippen molar-refractivity contribution in [3.8, 4) is 0 Å². The molecular weight excluding hydrogens is 368 g/mol. The van der Waals surface area contributed by atoms with Gasteiger partial charge in [0, 0.05) is 6.07 Å². The zero-order chi connectivity index (χ0) is 20.3. The van der Waals surface area contributed by atoms with Gasteiger partial charge in [0.15, 0.2) is 6.10 Å². The maximum absolute atomic E-state index is 12.2. The molecule has 1 aromatic carbocycles. The third-order valence-electron chi connectivity index (χ3n) is 3.99. The fourth-order valence-electron chi connectivity index (χ4n) is 2.47. The number of anilines is 1. The zero-order valence-corrected chi connectivity index (χ0v) is 15.2. The number of imide groups is 1. The van der Waals surface area contributed by atoms with Crippen LogP contribution in [0.5, 0.6) is 0 Å². The van der Waals surface area contributed by atoms with E-state index in [9.17, 15) is 19.2 Å². The first-order chi connectivity index (χ1) is 13.3. The molecule has 0 unspecified atom stereocenters. The van der Waals surface area contributed by atoms with Crippen LogP contribution in [0.3, 0.4) is 0 Å². The van der Waals surface area contributed by atoms with Crippen LogP contribution in [0.2, 0.25) is 0 Å². The van der Waals surface area contributed by atoms with E-state index in [1.54, 1.807) is 19.1 Å². The van der Waals surface area contributed by atoms with Crippen molar-refractivity contribution in [1.82, 2.24) is 15.4 Å². The maximum Gasteiger partial charge on any atom is 0.338 e. The van der Waals surface area contributed by atoms with Crippen LogP contribution in [-0.4, -0.2) is 46.5 Å². The second-order valence-electron chi connectivity index (χ2n) is 6.20. The first-order valence-electron chi connectivity index (χ1n) is 8.46. The summed E-state index contributed by atoms with van der Waals surface area (Å²) in [5.41, 5.74) is 1.51. The monoisotopic (exact) mass is 386 g/mol. The molecule has 0 bridgehead atoms. The van der Waals surface area contributed by atoms with Crippen molar-refractivity contribution in [3.63, 3.8) is 0 Å². The van der Waals surface area contributed by atoms with E-state index in [1.165, 1.54) is 25.1 Å². The van der Waals surface area contributed by atoms with Gasteiger partial charge >= 0.3 is 12.0 Å². The molecule has 1 atom stereocenters. The Bertz CT molecular complexity index is 904. The van der Waals surface area contributed by atoms with Gasteiger partial charge in [0.1, 0.15) is 0 Å². The number of rotatable bonds is 6. The minimum atomic E-state index is -1.05. The third-order valence-corrected chi connectivity index (χ3v) is 3.99. The Balaban J connectivity index is 1.55. The van der Waals surface area contributed by atoms with E-state index in [0.717, 1.165) is 4.90 Å². The van der Waals surface area contributed by atoms with Crippen molar-refractivity contribution in [2.45, 2.75) is 26.5 Å². The molecule has 2 N–H and O–H groups in total. The second-order valence-corrected chi connectivity index (χ2v) is 6.20. The van der Waals surface area contributed by atoms with E-state index >= 15 is 0 Å². The van der Waals surface area contributed by atoms with Crippen LogP contribution in [0.4, 0.5) is 10.7 Å². The molecule has 1 fully saturated rings. The van der Waals surface area contributed by atoms with Crippen molar-refractivity contribution < 1.29 is 28.4 Å². The standard InChI is InChI=1S/C18H18N4O6/c1-10-7-14(28-21-10)20-16(24)11(2)27-17(25)13-5-3-12(4-6-13)9-22-15(23)8-19-18(22)26/h3-7,11H,8-9H2,1-2H3,(H,19,26)(H,20,24)/t11-/m0/s1. The summed E-state index contributed by atoms with van der Waals surface area (Å²) in [5.74, 6) is -1.39. The summed E-state index contributed by atoms with van der Waals surface area (Å²) in [6, 6.07) is 7.31. The predicted octanol–water partition coefficient (Wildman–Crippen LogP) is 1.22. The third kappa shape index (κ3) is 4.34. The number of urea groups is 1. The van der Waals surface area contributed by atoms with Gasteiger partial charge in [-0.1, -0.05) is 17.3 Å². The van der Waals surface area contributed by atoms with Gasteiger partial charge in [-0.2, -0.15) is 0 Å². The lowest BCUT2D eigenvalue weighted by atomic mass is 10.1. The van der Waals surface area contributed by atoms with Crippen LogP contribution in [0.15, 0.2) is 34.9 Å². The molecule has 28 heavy (non-hydrogen) atoms. The van der Waals surface area contributed by atoms with Gasteiger partial charge in [0.05, 0.1) is 24.3 Å². The average Bonchev–Trinajstić information content (AvgIpc) is 3.21. The lowest BCUT2D eigenvalue weighted by Crippen LogP contribution is -2.30. The summed E-state index contributed by atoms with van der Waals surface area (Å²) in [7, 11) is 0. The van der Waals surface area contributed by atoms with Gasteiger partial charge in [-0.15, -0.1) is 0 Å². The summed E-state index contributed by atoms with van der Waals surface area (Å²) in [6.45, 7) is 3.23. The molecule has 10 nitrogen and oxygen atoms in total. The van der Waals surface area contributed by atoms with E-state index in [-0.39, 0.29) is 30.4 Å². The lowest BCUT2D eigenvalue weighted by Gasteiger charge is -2.14. The summed E-state index contributed by atoms with van der Waals surface area (Å²) in [6.07, 6.45) is -1.05. The first kappa shape index (κ1) is 19.1. The fraction of sp³-hybridized carbons (Fsp3) is 0.278. The Kier molecular flexibility index (Phi) is 5.39. The molecule has 0 saturated carbocycles. The van der Waals surface area contributed by atoms with E-state index in [0.29, 0.717) is 11.3 Å². The Labute approximate surface area is 159 Å². The number of amides is 4. The minimum absolute atomic E-state index is 0.0170. The fourth-order valence-corrected chi connectivity index (χ4v) is 2.47. The number of carbonyl (C=O) groups is 4. The molecular formula is C18H18N4O6. The molecule has 2 aromatic rings. The number of aromatic nitrogens is 1. The summed E-state index contributed by atoms with van der Waals surface area (Å²) in [5, 5.41) is 8.54. The number of nitrogens with zero attached hydrogens (tertiary/aromatic N) is 2. The molecule has 146 valence electrons. The van der Waals surface area contributed by atoms with Crippen molar-refractivity contribution in [2.24, 2.45) is 0 Å². The van der Waals surface area contributed by atoms with Crippen molar-refractivity contribution in [1.29, 1.82) is 0 Å². The number of hydrogen-bond donors (Lipinski definition) is 2. The molecule has 10 heteroatoms. The van der Waals surface area contributed by atoms with Crippen molar-refractivity contribution in [3.05, 3.63) is 47.2 Å².